The lowest BCUT2D eigenvalue weighted by atomic mass is 9.83. The van der Waals surface area contributed by atoms with E-state index >= 15 is 0 Å². The molecule has 31 heavy (non-hydrogen) atoms. The number of pyridine rings is 1. The van der Waals surface area contributed by atoms with Gasteiger partial charge in [0.05, 0.1) is 18.2 Å². The van der Waals surface area contributed by atoms with E-state index < -0.39 is 11.2 Å². The average Bonchev–Trinajstić information content (AvgIpc) is 2.72. The Bertz CT molecular complexity index is 1390. The van der Waals surface area contributed by atoms with E-state index in [4.69, 9.17) is 15.5 Å². The molecule has 0 unspecified atom stereocenters. The summed E-state index contributed by atoms with van der Waals surface area (Å²) < 4.78 is 5.83. The summed E-state index contributed by atoms with van der Waals surface area (Å²) in [7, 11) is 1.63. The minimum absolute atomic E-state index is 0.263. The van der Waals surface area contributed by atoms with Crippen molar-refractivity contribution in [2.24, 2.45) is 0 Å². The third-order valence-electron chi connectivity index (χ3n) is 5.29. The Balaban J connectivity index is 2.10. The predicted octanol–water partition coefficient (Wildman–Crippen LogP) is 3.83. The van der Waals surface area contributed by atoms with Gasteiger partial charge in [-0.05, 0) is 35.2 Å². The molecule has 0 bridgehead atoms. The van der Waals surface area contributed by atoms with Crippen LogP contribution < -0.4 is 21.7 Å². The van der Waals surface area contributed by atoms with Crippen LogP contribution in [0.2, 0.25) is 0 Å². The zero-order valence-corrected chi connectivity index (χ0v) is 17.9. The Morgan fingerprint density at radius 2 is 1.71 bits per heavy atom. The van der Waals surface area contributed by atoms with Gasteiger partial charge in [-0.1, -0.05) is 32.9 Å². The van der Waals surface area contributed by atoms with E-state index in [9.17, 15) is 9.59 Å². The fourth-order valence-electron chi connectivity index (χ4n) is 3.70. The minimum Gasteiger partial charge on any atom is -0.496 e. The summed E-state index contributed by atoms with van der Waals surface area (Å²) >= 11 is 0. The summed E-state index contributed by atoms with van der Waals surface area (Å²) in [5.41, 5.74) is 9.60. The van der Waals surface area contributed by atoms with E-state index in [1.165, 1.54) is 6.20 Å². The zero-order chi connectivity index (χ0) is 22.3. The average molecular weight is 416 g/mol. The predicted molar refractivity (Wildman–Crippen MR) is 124 cm³/mol. The van der Waals surface area contributed by atoms with Crippen LogP contribution in [-0.4, -0.2) is 22.1 Å². The number of aromatic amines is 2. The van der Waals surface area contributed by atoms with Crippen molar-refractivity contribution in [3.8, 4) is 28.0 Å². The smallest absolute Gasteiger partial charge is 0.325 e. The van der Waals surface area contributed by atoms with Crippen LogP contribution in [0.25, 0.3) is 33.2 Å². The molecule has 0 saturated heterocycles. The molecular weight excluding hydrogens is 392 g/mol. The molecule has 0 amide bonds. The lowest BCUT2D eigenvalue weighted by molar-refractivity contribution is 0.402. The third-order valence-corrected chi connectivity index (χ3v) is 5.29. The molecule has 7 heteroatoms. The van der Waals surface area contributed by atoms with Crippen LogP contribution in [0, 0.1) is 0 Å². The molecule has 7 nitrogen and oxygen atoms in total. The van der Waals surface area contributed by atoms with Gasteiger partial charge in [0.2, 0.25) is 0 Å². The number of benzene rings is 2. The van der Waals surface area contributed by atoms with Crippen molar-refractivity contribution < 1.29 is 4.74 Å². The normalized spacial score (nSPS) is 11.6. The number of rotatable bonds is 3. The number of fused-ring (bicyclic) bond motifs is 1. The highest BCUT2D eigenvalue weighted by molar-refractivity contribution is 6.00. The van der Waals surface area contributed by atoms with Crippen LogP contribution in [-0.2, 0) is 5.41 Å². The molecule has 158 valence electrons. The first-order chi connectivity index (χ1) is 14.7. The molecule has 0 spiro atoms. The van der Waals surface area contributed by atoms with E-state index in [-0.39, 0.29) is 5.41 Å². The Kier molecular flexibility index (Phi) is 4.89. The lowest BCUT2D eigenvalue weighted by Gasteiger charge is -2.25. The first-order valence-corrected chi connectivity index (χ1v) is 9.88. The molecule has 2 aromatic heterocycles. The second-order valence-electron chi connectivity index (χ2n) is 8.48. The van der Waals surface area contributed by atoms with Gasteiger partial charge < -0.3 is 15.5 Å². The number of nitrogens with one attached hydrogen (secondary N) is 2. The van der Waals surface area contributed by atoms with Gasteiger partial charge in [0.15, 0.2) is 0 Å². The molecule has 4 aromatic rings. The summed E-state index contributed by atoms with van der Waals surface area (Å²) in [6.45, 7) is 6.23. The fraction of sp³-hybridized carbons (Fsp3) is 0.208. The molecule has 0 fully saturated rings. The summed E-state index contributed by atoms with van der Waals surface area (Å²) in [5.74, 6) is 0.705. The zero-order valence-electron chi connectivity index (χ0n) is 17.9. The number of H-pyrrole nitrogens is 2. The van der Waals surface area contributed by atoms with Crippen molar-refractivity contribution >= 4 is 16.6 Å². The van der Waals surface area contributed by atoms with Crippen molar-refractivity contribution in [2.45, 2.75) is 26.2 Å². The first kappa shape index (κ1) is 20.4. The molecular formula is C24H24N4O3. The molecule has 4 rings (SSSR count). The van der Waals surface area contributed by atoms with Crippen molar-refractivity contribution in [1.29, 1.82) is 0 Å². The molecule has 0 saturated carbocycles. The van der Waals surface area contributed by atoms with Crippen molar-refractivity contribution in [3.63, 3.8) is 0 Å². The Morgan fingerprint density at radius 3 is 2.32 bits per heavy atom. The number of nitrogens with zero attached hydrogens (tertiary/aromatic N) is 1. The van der Waals surface area contributed by atoms with Crippen LogP contribution in [0.1, 0.15) is 26.3 Å². The van der Waals surface area contributed by atoms with Gasteiger partial charge in [-0.2, -0.15) is 0 Å². The number of ether oxygens (including phenoxy) is 1. The minimum atomic E-state index is -0.554. The van der Waals surface area contributed by atoms with Crippen LogP contribution >= 0.6 is 0 Å². The van der Waals surface area contributed by atoms with E-state index in [0.29, 0.717) is 28.1 Å². The quantitative estimate of drug-likeness (QED) is 0.439. The van der Waals surface area contributed by atoms with Gasteiger partial charge in [0, 0.05) is 40.2 Å². The van der Waals surface area contributed by atoms with Gasteiger partial charge in [-0.15, -0.1) is 0 Å². The van der Waals surface area contributed by atoms with E-state index in [2.05, 4.69) is 30.7 Å². The highest BCUT2D eigenvalue weighted by Crippen LogP contribution is 2.42. The molecule has 0 aliphatic rings. The number of nitrogen functional groups attached to an aromatic ring is 1. The summed E-state index contributed by atoms with van der Waals surface area (Å²) in [6.07, 6.45) is 3.18. The van der Waals surface area contributed by atoms with Gasteiger partial charge in [0.25, 0.3) is 5.56 Å². The number of hydrogen-bond donors (Lipinski definition) is 3. The maximum atomic E-state index is 12.6. The van der Waals surface area contributed by atoms with Gasteiger partial charge in [-0.25, -0.2) is 4.79 Å². The maximum absolute atomic E-state index is 12.6. The van der Waals surface area contributed by atoms with Crippen LogP contribution in [0.3, 0.4) is 0 Å². The third kappa shape index (κ3) is 3.70. The Morgan fingerprint density at radius 1 is 1.00 bits per heavy atom. The maximum Gasteiger partial charge on any atom is 0.325 e. The monoisotopic (exact) mass is 416 g/mol. The molecule has 0 aliphatic carbocycles. The van der Waals surface area contributed by atoms with E-state index in [1.807, 2.05) is 36.4 Å². The van der Waals surface area contributed by atoms with E-state index in [0.717, 1.165) is 22.1 Å². The number of nitrogens with two attached hydrogens (primary N) is 1. The molecule has 2 heterocycles. The molecule has 0 atom stereocenters. The van der Waals surface area contributed by atoms with Crippen LogP contribution in [0.4, 0.5) is 5.69 Å². The fourth-order valence-corrected chi connectivity index (χ4v) is 3.70. The Hall–Kier alpha value is -3.87. The van der Waals surface area contributed by atoms with Crippen LogP contribution in [0.5, 0.6) is 5.75 Å². The highest BCUT2D eigenvalue weighted by Gasteiger charge is 2.25. The van der Waals surface area contributed by atoms with Gasteiger partial charge in [-0.3, -0.25) is 14.8 Å². The van der Waals surface area contributed by atoms with Crippen molar-refractivity contribution in [2.75, 3.05) is 12.8 Å². The van der Waals surface area contributed by atoms with Crippen molar-refractivity contribution in [3.05, 3.63) is 75.2 Å². The lowest BCUT2D eigenvalue weighted by Crippen LogP contribution is -2.23. The number of methoxy groups -OCH3 is 1. The largest absolute Gasteiger partial charge is 0.496 e. The number of hydrogen-bond acceptors (Lipinski definition) is 5. The van der Waals surface area contributed by atoms with Crippen LogP contribution in [0.15, 0.2) is 58.4 Å². The summed E-state index contributed by atoms with van der Waals surface area (Å²) in [6, 6.07) is 11.5. The highest BCUT2D eigenvalue weighted by atomic mass is 16.5. The molecule has 0 radical (unpaired) electrons. The summed E-state index contributed by atoms with van der Waals surface area (Å²) in [5, 5.41) is 0.782. The Labute approximate surface area is 178 Å². The number of aromatic nitrogens is 3. The SMILES string of the molecule is COc1c(C(C)(C)C)cc(-c2c[nH]c(=O)[nH]c2=O)c2ncc(-c3ccc(N)cc3)cc12. The summed E-state index contributed by atoms with van der Waals surface area (Å²) in [4.78, 5) is 33.6. The second kappa shape index (κ2) is 7.43. The number of anilines is 1. The molecule has 0 aliphatic heterocycles. The topological polar surface area (TPSA) is 114 Å². The first-order valence-electron chi connectivity index (χ1n) is 9.88. The molecule has 4 N–H and O–H groups in total. The standard InChI is InChI=1S/C24H24N4O3/c1-24(2,3)19-10-16(18-12-27-23(30)28-22(18)29)20-17(21(19)31-4)9-14(11-26-20)13-5-7-15(25)8-6-13/h5-12H,25H2,1-4H3,(H2,27,28,29,30). The second-order valence-corrected chi connectivity index (χ2v) is 8.48. The van der Waals surface area contributed by atoms with Gasteiger partial charge in [0.1, 0.15) is 5.75 Å². The molecule has 2 aromatic carbocycles. The van der Waals surface area contributed by atoms with Crippen molar-refractivity contribution in [1.82, 2.24) is 15.0 Å². The van der Waals surface area contributed by atoms with E-state index in [1.54, 1.807) is 13.3 Å². The van der Waals surface area contributed by atoms with Gasteiger partial charge >= 0.3 is 5.69 Å².